The number of furan rings is 1. The van der Waals surface area contributed by atoms with E-state index < -0.39 is 0 Å². The molecule has 0 aliphatic carbocycles. The predicted octanol–water partition coefficient (Wildman–Crippen LogP) is 3.25. The standard InChI is InChI=1S/C19H27N3O2/c1-3-20-19(22-14-17-8-4-7-16(2)13-17)21-10-6-11-23-15-18-9-5-12-24-18/h4-5,7-9,12-13H,3,6,10-11,14-15H2,1-2H3,(H2,20,21,22). The summed E-state index contributed by atoms with van der Waals surface area (Å²) in [6, 6.07) is 12.2. The number of benzene rings is 1. The number of aliphatic imine (C=N–C) groups is 1. The number of nitrogens with zero attached hydrogens (tertiary/aromatic N) is 1. The van der Waals surface area contributed by atoms with Crippen molar-refractivity contribution in [2.24, 2.45) is 4.99 Å². The number of ether oxygens (including phenoxy) is 1. The highest BCUT2D eigenvalue weighted by atomic mass is 16.5. The highest BCUT2D eigenvalue weighted by Crippen LogP contribution is 2.05. The van der Waals surface area contributed by atoms with Crippen molar-refractivity contribution in [2.45, 2.75) is 33.4 Å². The summed E-state index contributed by atoms with van der Waals surface area (Å²) in [5, 5.41) is 6.60. The summed E-state index contributed by atoms with van der Waals surface area (Å²) in [6.45, 7) is 7.70. The smallest absolute Gasteiger partial charge is 0.191 e. The first kappa shape index (κ1) is 18.1. The molecule has 5 heteroatoms. The predicted molar refractivity (Wildman–Crippen MR) is 97.0 cm³/mol. The molecular weight excluding hydrogens is 302 g/mol. The van der Waals surface area contributed by atoms with E-state index in [0.29, 0.717) is 19.8 Å². The molecule has 0 saturated heterocycles. The highest BCUT2D eigenvalue weighted by molar-refractivity contribution is 5.79. The number of rotatable bonds is 9. The molecule has 0 bridgehead atoms. The van der Waals surface area contributed by atoms with Gasteiger partial charge in [-0.2, -0.15) is 0 Å². The summed E-state index contributed by atoms with van der Waals surface area (Å²) >= 11 is 0. The Kier molecular flexibility index (Phi) is 7.90. The van der Waals surface area contributed by atoms with Gasteiger partial charge in [-0.25, -0.2) is 4.99 Å². The van der Waals surface area contributed by atoms with Crippen molar-refractivity contribution in [3.05, 3.63) is 59.5 Å². The minimum atomic E-state index is 0.522. The van der Waals surface area contributed by atoms with E-state index in [9.17, 15) is 0 Å². The first-order chi connectivity index (χ1) is 11.8. The molecule has 130 valence electrons. The van der Waals surface area contributed by atoms with Gasteiger partial charge in [-0.05, 0) is 38.0 Å². The van der Waals surface area contributed by atoms with Gasteiger partial charge in [0.25, 0.3) is 0 Å². The van der Waals surface area contributed by atoms with E-state index in [2.05, 4.69) is 53.7 Å². The monoisotopic (exact) mass is 329 g/mol. The molecule has 5 nitrogen and oxygen atoms in total. The Morgan fingerprint density at radius 3 is 2.88 bits per heavy atom. The number of guanidine groups is 1. The Labute approximate surface area is 144 Å². The van der Waals surface area contributed by atoms with E-state index in [4.69, 9.17) is 9.15 Å². The third-order valence-electron chi connectivity index (χ3n) is 3.43. The lowest BCUT2D eigenvalue weighted by Crippen LogP contribution is -2.38. The Morgan fingerprint density at radius 1 is 1.21 bits per heavy atom. The number of hydrogen-bond donors (Lipinski definition) is 2. The summed E-state index contributed by atoms with van der Waals surface area (Å²) in [5.41, 5.74) is 2.48. The van der Waals surface area contributed by atoms with E-state index >= 15 is 0 Å². The molecule has 0 radical (unpaired) electrons. The molecule has 0 aliphatic rings. The van der Waals surface area contributed by atoms with E-state index in [1.54, 1.807) is 6.26 Å². The molecule has 24 heavy (non-hydrogen) atoms. The molecule has 0 spiro atoms. The minimum absolute atomic E-state index is 0.522. The number of aryl methyl sites for hydroxylation is 1. The van der Waals surface area contributed by atoms with E-state index in [0.717, 1.165) is 31.2 Å². The SMILES string of the molecule is CCNC(=NCc1cccc(C)c1)NCCCOCc1ccco1. The van der Waals surface area contributed by atoms with Crippen LogP contribution in [0.1, 0.15) is 30.2 Å². The van der Waals surface area contributed by atoms with E-state index in [-0.39, 0.29) is 0 Å². The number of nitrogens with one attached hydrogen (secondary N) is 2. The maximum Gasteiger partial charge on any atom is 0.191 e. The van der Waals surface area contributed by atoms with Crippen molar-refractivity contribution in [2.75, 3.05) is 19.7 Å². The van der Waals surface area contributed by atoms with Crippen molar-refractivity contribution in [3.63, 3.8) is 0 Å². The summed E-state index contributed by atoms with van der Waals surface area (Å²) < 4.78 is 10.8. The van der Waals surface area contributed by atoms with Crippen LogP contribution < -0.4 is 10.6 Å². The van der Waals surface area contributed by atoms with Crippen LogP contribution in [-0.4, -0.2) is 25.7 Å². The molecule has 0 atom stereocenters. The first-order valence-corrected chi connectivity index (χ1v) is 8.46. The van der Waals surface area contributed by atoms with Gasteiger partial charge < -0.3 is 19.8 Å². The normalized spacial score (nSPS) is 11.5. The van der Waals surface area contributed by atoms with Crippen LogP contribution in [-0.2, 0) is 17.9 Å². The quantitative estimate of drug-likeness (QED) is 0.421. The second kappa shape index (κ2) is 10.5. The lowest BCUT2D eigenvalue weighted by molar-refractivity contribution is 0.105. The molecule has 0 fully saturated rings. The van der Waals surface area contributed by atoms with E-state index in [1.165, 1.54) is 11.1 Å². The molecule has 2 rings (SSSR count). The van der Waals surface area contributed by atoms with Gasteiger partial charge >= 0.3 is 0 Å². The fourth-order valence-corrected chi connectivity index (χ4v) is 2.27. The van der Waals surface area contributed by atoms with Crippen LogP contribution in [0.25, 0.3) is 0 Å². The van der Waals surface area contributed by atoms with Crippen molar-refractivity contribution < 1.29 is 9.15 Å². The molecule has 0 aliphatic heterocycles. The molecule has 0 unspecified atom stereocenters. The van der Waals surface area contributed by atoms with Crippen molar-refractivity contribution in [1.82, 2.24) is 10.6 Å². The van der Waals surface area contributed by atoms with Crippen molar-refractivity contribution in [1.29, 1.82) is 0 Å². The second-order valence-corrected chi connectivity index (χ2v) is 5.60. The van der Waals surface area contributed by atoms with Gasteiger partial charge in [0.05, 0.1) is 12.8 Å². The van der Waals surface area contributed by atoms with E-state index in [1.807, 2.05) is 12.1 Å². The molecule has 1 aromatic heterocycles. The fourth-order valence-electron chi connectivity index (χ4n) is 2.27. The van der Waals surface area contributed by atoms with Crippen LogP contribution in [0, 0.1) is 6.92 Å². The zero-order chi connectivity index (χ0) is 17.0. The van der Waals surface area contributed by atoms with Gasteiger partial charge in [-0.1, -0.05) is 29.8 Å². The van der Waals surface area contributed by atoms with Crippen molar-refractivity contribution >= 4 is 5.96 Å². The van der Waals surface area contributed by atoms with Crippen LogP contribution in [0.4, 0.5) is 0 Å². The average Bonchev–Trinajstić information content (AvgIpc) is 3.09. The Hall–Kier alpha value is -2.27. The van der Waals surface area contributed by atoms with Gasteiger partial charge in [0, 0.05) is 19.7 Å². The first-order valence-electron chi connectivity index (χ1n) is 8.46. The molecule has 0 saturated carbocycles. The highest BCUT2D eigenvalue weighted by Gasteiger charge is 1.99. The maximum absolute atomic E-state index is 5.57. The third-order valence-corrected chi connectivity index (χ3v) is 3.43. The minimum Gasteiger partial charge on any atom is -0.467 e. The summed E-state index contributed by atoms with van der Waals surface area (Å²) in [6.07, 6.45) is 2.57. The third kappa shape index (κ3) is 6.87. The molecule has 2 N–H and O–H groups in total. The van der Waals surface area contributed by atoms with Crippen LogP contribution in [0.15, 0.2) is 52.1 Å². The summed E-state index contributed by atoms with van der Waals surface area (Å²) in [5.74, 6) is 1.70. The van der Waals surface area contributed by atoms with Crippen LogP contribution >= 0.6 is 0 Å². The summed E-state index contributed by atoms with van der Waals surface area (Å²) in [4.78, 5) is 4.62. The Morgan fingerprint density at radius 2 is 2.12 bits per heavy atom. The lowest BCUT2D eigenvalue weighted by atomic mass is 10.1. The Bertz CT molecular complexity index is 609. The van der Waals surface area contributed by atoms with Gasteiger partial charge in [0.1, 0.15) is 12.4 Å². The average molecular weight is 329 g/mol. The number of hydrogen-bond acceptors (Lipinski definition) is 3. The largest absolute Gasteiger partial charge is 0.467 e. The zero-order valence-corrected chi connectivity index (χ0v) is 14.5. The fraction of sp³-hybridized carbons (Fsp3) is 0.421. The van der Waals surface area contributed by atoms with Gasteiger partial charge in [0.2, 0.25) is 0 Å². The van der Waals surface area contributed by atoms with Crippen molar-refractivity contribution in [3.8, 4) is 0 Å². The van der Waals surface area contributed by atoms with Crippen LogP contribution in [0.5, 0.6) is 0 Å². The van der Waals surface area contributed by atoms with Gasteiger partial charge in [0.15, 0.2) is 5.96 Å². The van der Waals surface area contributed by atoms with Gasteiger partial charge in [-0.3, -0.25) is 0 Å². The molecule has 1 aromatic carbocycles. The van der Waals surface area contributed by atoms with Crippen LogP contribution in [0.3, 0.4) is 0 Å². The molecule has 1 heterocycles. The zero-order valence-electron chi connectivity index (χ0n) is 14.5. The lowest BCUT2D eigenvalue weighted by Gasteiger charge is -2.11. The van der Waals surface area contributed by atoms with Gasteiger partial charge in [-0.15, -0.1) is 0 Å². The topological polar surface area (TPSA) is 58.8 Å². The second-order valence-electron chi connectivity index (χ2n) is 5.60. The van der Waals surface area contributed by atoms with Crippen LogP contribution in [0.2, 0.25) is 0 Å². The maximum atomic E-state index is 5.57. The molecule has 2 aromatic rings. The Balaban J connectivity index is 1.67. The molecule has 0 amide bonds. The molecular formula is C19H27N3O2. The summed E-state index contributed by atoms with van der Waals surface area (Å²) in [7, 11) is 0.